The molecule has 0 bridgehead atoms. The van der Waals surface area contributed by atoms with Gasteiger partial charge in [0, 0.05) is 5.56 Å². The molecule has 6 aromatic rings. The summed E-state index contributed by atoms with van der Waals surface area (Å²) < 4.78 is 41.4. The molecule has 4 aromatic carbocycles. The minimum atomic E-state index is -2.11. The number of aliphatic hydroxyl groups is 1. The fourth-order valence-corrected chi connectivity index (χ4v) is 6.78. The number of carbonyl (C=O) groups is 1. The van der Waals surface area contributed by atoms with Gasteiger partial charge in [0.2, 0.25) is 11.5 Å². The van der Waals surface area contributed by atoms with Crippen molar-refractivity contribution in [2.45, 2.75) is 36.7 Å². The minimum Gasteiger partial charge on any atom is -0.460 e. The molecule has 0 amide bonds. The third-order valence-corrected chi connectivity index (χ3v) is 9.22. The van der Waals surface area contributed by atoms with Crippen LogP contribution < -0.4 is 4.74 Å². The highest BCUT2D eigenvalue weighted by molar-refractivity contribution is 7.17. The maximum atomic E-state index is 16.5. The SMILES string of the molecule is O=C(OC[C@H]1O[C@@H](c2csc3c(Oc4ccccc4)ncnc23)[C@H](F)[C@@H]1OCc1ccccc1)C(O)(c1ccccc1)c1ccccc1. The van der Waals surface area contributed by atoms with Crippen LogP contribution in [-0.2, 0) is 31.2 Å². The van der Waals surface area contributed by atoms with Crippen molar-refractivity contribution in [2.24, 2.45) is 0 Å². The van der Waals surface area contributed by atoms with Crippen LogP contribution in [-0.4, -0.2) is 46.0 Å². The second-order valence-electron chi connectivity index (χ2n) is 11.3. The summed E-state index contributed by atoms with van der Waals surface area (Å²) in [6.07, 6.45) is -3.43. The summed E-state index contributed by atoms with van der Waals surface area (Å²) >= 11 is 1.32. The maximum absolute atomic E-state index is 16.5. The number of ether oxygens (including phenoxy) is 4. The number of carbonyl (C=O) groups excluding carboxylic acids is 1. The Hall–Kier alpha value is -5.00. The lowest BCUT2D eigenvalue weighted by Gasteiger charge is -2.28. The van der Waals surface area contributed by atoms with E-state index in [2.05, 4.69) is 9.97 Å². The van der Waals surface area contributed by atoms with Gasteiger partial charge in [-0.1, -0.05) is 109 Å². The Morgan fingerprint density at radius 1 is 0.854 bits per heavy atom. The van der Waals surface area contributed by atoms with Gasteiger partial charge in [-0.2, -0.15) is 0 Å². The molecule has 2 aromatic heterocycles. The van der Waals surface area contributed by atoms with Gasteiger partial charge in [-0.05, 0) is 34.2 Å². The average molecular weight is 663 g/mol. The highest BCUT2D eigenvalue weighted by Crippen LogP contribution is 2.44. The summed E-state index contributed by atoms with van der Waals surface area (Å²) in [4.78, 5) is 22.5. The number of fused-ring (bicyclic) bond motifs is 1. The lowest BCUT2D eigenvalue weighted by atomic mass is 9.86. The fraction of sp³-hybridized carbons (Fsp3) is 0.184. The van der Waals surface area contributed by atoms with Crippen LogP contribution in [0.25, 0.3) is 10.2 Å². The predicted molar refractivity (Wildman–Crippen MR) is 178 cm³/mol. The van der Waals surface area contributed by atoms with Gasteiger partial charge in [-0.3, -0.25) is 0 Å². The lowest BCUT2D eigenvalue weighted by Crippen LogP contribution is -2.41. The number of benzene rings is 4. The molecule has 0 unspecified atom stereocenters. The highest BCUT2D eigenvalue weighted by atomic mass is 32.1. The molecule has 7 rings (SSSR count). The van der Waals surface area contributed by atoms with Crippen LogP contribution in [0.3, 0.4) is 0 Å². The number of halogens is 1. The molecule has 242 valence electrons. The predicted octanol–water partition coefficient (Wildman–Crippen LogP) is 7.33. The van der Waals surface area contributed by atoms with E-state index in [1.807, 2.05) is 60.7 Å². The first-order chi connectivity index (χ1) is 23.5. The molecule has 1 aliphatic heterocycles. The summed E-state index contributed by atoms with van der Waals surface area (Å²) in [5.74, 6) is 0.0371. The zero-order valence-electron chi connectivity index (χ0n) is 25.6. The van der Waals surface area contributed by atoms with E-state index < -0.39 is 36.1 Å². The summed E-state index contributed by atoms with van der Waals surface area (Å²) in [6, 6.07) is 35.7. The van der Waals surface area contributed by atoms with E-state index in [0.29, 0.717) is 38.5 Å². The smallest absolute Gasteiger partial charge is 0.347 e. The topological polar surface area (TPSA) is 100 Å². The number of aromatic nitrogens is 2. The molecule has 8 nitrogen and oxygen atoms in total. The molecule has 1 aliphatic rings. The average Bonchev–Trinajstić information content (AvgIpc) is 3.71. The van der Waals surface area contributed by atoms with Gasteiger partial charge >= 0.3 is 5.97 Å². The Bertz CT molecular complexity index is 1920. The van der Waals surface area contributed by atoms with Crippen molar-refractivity contribution >= 4 is 27.5 Å². The van der Waals surface area contributed by atoms with Crippen molar-refractivity contribution in [1.29, 1.82) is 0 Å². The van der Waals surface area contributed by atoms with Crippen molar-refractivity contribution in [3.05, 3.63) is 155 Å². The molecular weight excluding hydrogens is 631 g/mol. The van der Waals surface area contributed by atoms with Gasteiger partial charge < -0.3 is 24.1 Å². The third-order valence-electron chi connectivity index (χ3n) is 8.25. The summed E-state index contributed by atoms with van der Waals surface area (Å²) in [7, 11) is 0. The van der Waals surface area contributed by atoms with Crippen molar-refractivity contribution in [3.8, 4) is 11.6 Å². The van der Waals surface area contributed by atoms with Crippen LogP contribution in [0.2, 0.25) is 0 Å². The van der Waals surface area contributed by atoms with Crippen molar-refractivity contribution in [3.63, 3.8) is 0 Å². The Labute approximate surface area is 280 Å². The number of thiophene rings is 1. The van der Waals surface area contributed by atoms with E-state index in [0.717, 1.165) is 5.56 Å². The Balaban J connectivity index is 1.16. The van der Waals surface area contributed by atoms with Gasteiger partial charge in [0.25, 0.3) is 0 Å². The molecule has 1 N–H and O–H groups in total. The standard InChI is InChI=1S/C38H31FN2O6S/c39-31-33(29-23-48-35-32(29)40-24-41-36(35)46-28-19-11-4-12-20-28)47-30(34(31)44-21-25-13-5-1-6-14-25)22-45-37(42)38(43,26-15-7-2-8-16-26)27-17-9-3-10-18-27/h1-20,23-24,30-31,33-34,43H,21-22H2/t30-,31+,33+,34-/m1/s1. The van der Waals surface area contributed by atoms with Crippen molar-refractivity contribution in [2.75, 3.05) is 6.61 Å². The maximum Gasteiger partial charge on any atom is 0.347 e. The molecule has 1 saturated heterocycles. The quantitative estimate of drug-likeness (QED) is 0.144. The van der Waals surface area contributed by atoms with E-state index in [4.69, 9.17) is 18.9 Å². The number of nitrogens with zero attached hydrogens (tertiary/aromatic N) is 2. The number of alkyl halides is 1. The fourth-order valence-electron chi connectivity index (χ4n) is 5.81. The number of esters is 1. The second-order valence-corrected chi connectivity index (χ2v) is 12.2. The third kappa shape index (κ3) is 6.31. The highest BCUT2D eigenvalue weighted by Gasteiger charge is 2.49. The number of hydrogen-bond donors (Lipinski definition) is 1. The largest absolute Gasteiger partial charge is 0.460 e. The summed E-state index contributed by atoms with van der Waals surface area (Å²) in [6.45, 7) is -0.247. The van der Waals surface area contributed by atoms with E-state index in [-0.39, 0.29) is 13.2 Å². The van der Waals surface area contributed by atoms with Crippen LogP contribution in [0.1, 0.15) is 28.4 Å². The van der Waals surface area contributed by atoms with Crippen molar-refractivity contribution < 1.29 is 33.2 Å². The first-order valence-electron chi connectivity index (χ1n) is 15.4. The van der Waals surface area contributed by atoms with Gasteiger partial charge in [0.15, 0.2) is 6.17 Å². The van der Waals surface area contributed by atoms with Crippen LogP contribution in [0.4, 0.5) is 4.39 Å². The molecule has 10 heteroatoms. The molecule has 0 aliphatic carbocycles. The van der Waals surface area contributed by atoms with Gasteiger partial charge in [-0.15, -0.1) is 11.3 Å². The Morgan fingerprint density at radius 3 is 2.10 bits per heavy atom. The molecule has 0 radical (unpaired) electrons. The normalized spacial score (nSPS) is 19.3. The van der Waals surface area contributed by atoms with E-state index >= 15 is 4.39 Å². The molecular formula is C38H31FN2O6S. The number of hydrogen-bond acceptors (Lipinski definition) is 9. The lowest BCUT2D eigenvalue weighted by molar-refractivity contribution is -0.168. The van der Waals surface area contributed by atoms with Crippen molar-refractivity contribution in [1.82, 2.24) is 9.97 Å². The summed E-state index contributed by atoms with van der Waals surface area (Å²) in [5.41, 5.74) is 0.425. The molecule has 3 heterocycles. The molecule has 0 saturated carbocycles. The molecule has 1 fully saturated rings. The molecule has 0 spiro atoms. The first kappa shape index (κ1) is 31.6. The van der Waals surface area contributed by atoms with Gasteiger partial charge in [-0.25, -0.2) is 19.2 Å². The first-order valence-corrected chi connectivity index (χ1v) is 16.3. The second kappa shape index (κ2) is 14.0. The van der Waals surface area contributed by atoms with Crippen LogP contribution in [0.15, 0.2) is 133 Å². The Kier molecular flexibility index (Phi) is 9.22. The minimum absolute atomic E-state index is 0.117. The van der Waals surface area contributed by atoms with Crippen LogP contribution in [0.5, 0.6) is 11.6 Å². The van der Waals surface area contributed by atoms with Crippen LogP contribution >= 0.6 is 11.3 Å². The van der Waals surface area contributed by atoms with Gasteiger partial charge in [0.05, 0.1) is 12.1 Å². The number of para-hydroxylation sites is 1. The van der Waals surface area contributed by atoms with Gasteiger partial charge in [0.1, 0.15) is 41.7 Å². The van der Waals surface area contributed by atoms with E-state index in [1.165, 1.54) is 17.7 Å². The number of rotatable bonds is 11. The van der Waals surface area contributed by atoms with E-state index in [9.17, 15) is 9.90 Å². The molecule has 48 heavy (non-hydrogen) atoms. The van der Waals surface area contributed by atoms with Crippen LogP contribution in [0, 0.1) is 0 Å². The zero-order valence-corrected chi connectivity index (χ0v) is 26.4. The monoisotopic (exact) mass is 662 g/mol. The summed E-state index contributed by atoms with van der Waals surface area (Å²) in [5, 5.41) is 13.7. The Morgan fingerprint density at radius 2 is 1.46 bits per heavy atom. The zero-order chi connectivity index (χ0) is 32.9. The molecule has 4 atom stereocenters. The van der Waals surface area contributed by atoms with E-state index in [1.54, 1.807) is 66.0 Å².